The zero-order valence-corrected chi connectivity index (χ0v) is 36.1. The number of rotatable bonds is 14. The summed E-state index contributed by atoms with van der Waals surface area (Å²) < 4.78 is 58.4. The Kier molecular flexibility index (Phi) is 12.5. The van der Waals surface area contributed by atoms with Gasteiger partial charge in [0.1, 0.15) is 17.8 Å². The molecule has 60 heavy (non-hydrogen) atoms. The number of hydrogen-bond acceptors (Lipinski definition) is 10. The van der Waals surface area contributed by atoms with Gasteiger partial charge in [-0.05, 0) is 104 Å². The fraction of sp³-hybridized carbons (Fsp3) is 0.477. The van der Waals surface area contributed by atoms with E-state index in [4.69, 9.17) is 9.05 Å². The van der Waals surface area contributed by atoms with Crippen LogP contribution in [0.4, 0.5) is 8.78 Å². The highest BCUT2D eigenvalue weighted by Gasteiger charge is 2.57. The number of thioether (sulfide) groups is 1. The zero-order valence-electron chi connectivity index (χ0n) is 33.5. The van der Waals surface area contributed by atoms with Crippen molar-refractivity contribution in [2.75, 3.05) is 25.4 Å². The van der Waals surface area contributed by atoms with Crippen molar-refractivity contribution in [3.05, 3.63) is 95.1 Å². The molecule has 4 fully saturated rings. The van der Waals surface area contributed by atoms with Crippen molar-refractivity contribution in [1.82, 2.24) is 20.1 Å². The summed E-state index contributed by atoms with van der Waals surface area (Å²) >= 11 is 2.03. The molecule has 3 saturated heterocycles. The Morgan fingerprint density at radius 3 is 2.48 bits per heavy atom. The average molecular weight is 879 g/mol. The number of likely N-dealkylation sites (tertiary alicyclic amines) is 1. The summed E-state index contributed by atoms with van der Waals surface area (Å²) in [4.78, 5) is 62.6. The first-order valence-corrected chi connectivity index (χ1v) is 24.0. The lowest BCUT2D eigenvalue weighted by Crippen LogP contribution is -2.61. The van der Waals surface area contributed by atoms with Crippen molar-refractivity contribution in [3.8, 4) is 5.75 Å². The van der Waals surface area contributed by atoms with Crippen molar-refractivity contribution < 1.29 is 41.6 Å². The lowest BCUT2D eigenvalue weighted by Gasteiger charge is -2.47. The van der Waals surface area contributed by atoms with E-state index in [0.717, 1.165) is 60.4 Å². The minimum Gasteiger partial charge on any atom is -0.420 e. The number of alkyl halides is 2. The molecule has 0 radical (unpaired) electrons. The van der Waals surface area contributed by atoms with E-state index in [1.165, 1.54) is 30.3 Å². The van der Waals surface area contributed by atoms with E-state index in [2.05, 4.69) is 10.3 Å². The number of para-hydroxylation sites is 1. The van der Waals surface area contributed by atoms with Crippen LogP contribution in [0.5, 0.6) is 5.75 Å². The SMILES string of the molecule is CC(C)CC(=O)SCCOP(=O)(Oc1ccccc1)C(F)(F)c1ccc2sc(C(=O)NC3C[C@H]4CC[C@H]4C[C@H]4CC[C@@H](C(=O)N5CC(c6cccnc6)C5)N4C3=O)cc2c1. The topological polar surface area (TPSA) is 135 Å². The molecule has 6 atom stereocenters. The van der Waals surface area contributed by atoms with Crippen LogP contribution in [-0.2, 0) is 29.1 Å². The van der Waals surface area contributed by atoms with Crippen LogP contribution in [0.3, 0.4) is 0 Å². The van der Waals surface area contributed by atoms with Crippen LogP contribution in [0, 0.1) is 17.8 Å². The predicted octanol–water partition coefficient (Wildman–Crippen LogP) is 8.84. The third kappa shape index (κ3) is 8.78. The van der Waals surface area contributed by atoms with Crippen LogP contribution >= 0.6 is 30.7 Å². The first-order valence-electron chi connectivity index (χ1n) is 20.7. The second kappa shape index (κ2) is 17.7. The van der Waals surface area contributed by atoms with Crippen molar-refractivity contribution in [2.45, 2.75) is 88.5 Å². The molecule has 4 aliphatic rings. The largest absolute Gasteiger partial charge is 0.453 e. The van der Waals surface area contributed by atoms with E-state index in [9.17, 15) is 23.7 Å². The van der Waals surface area contributed by atoms with E-state index in [1.807, 2.05) is 37.1 Å². The molecule has 8 rings (SSSR count). The molecule has 0 bridgehead atoms. The lowest BCUT2D eigenvalue weighted by atomic mass is 9.67. The number of carbonyl (C=O) groups excluding carboxylic acids is 4. The van der Waals surface area contributed by atoms with Gasteiger partial charge in [0.2, 0.25) is 11.8 Å². The van der Waals surface area contributed by atoms with Gasteiger partial charge in [0.05, 0.1) is 11.5 Å². The number of amides is 3. The highest BCUT2D eigenvalue weighted by molar-refractivity contribution is 8.13. The Labute approximate surface area is 356 Å². The number of halogens is 2. The maximum atomic E-state index is 16.5. The number of nitrogens with zero attached hydrogens (tertiary/aromatic N) is 3. The number of nitrogens with one attached hydrogen (secondary N) is 1. The summed E-state index contributed by atoms with van der Waals surface area (Å²) in [5, 5.41) is 3.19. The normalized spacial score (nSPS) is 24.1. The van der Waals surface area contributed by atoms with Gasteiger partial charge in [-0.3, -0.25) is 28.7 Å². The number of pyridine rings is 1. The quantitative estimate of drug-likeness (QED) is 0.0974. The maximum absolute atomic E-state index is 16.5. The lowest BCUT2D eigenvalue weighted by molar-refractivity contribution is -0.151. The summed E-state index contributed by atoms with van der Waals surface area (Å²) in [6, 6.07) is 15.2. The number of fused-ring (bicyclic) bond motifs is 3. The number of benzene rings is 2. The third-order valence-electron chi connectivity index (χ3n) is 12.3. The van der Waals surface area contributed by atoms with Crippen LogP contribution in [0.2, 0.25) is 0 Å². The summed E-state index contributed by atoms with van der Waals surface area (Å²) in [6.45, 7) is 4.52. The molecule has 16 heteroatoms. The summed E-state index contributed by atoms with van der Waals surface area (Å²) in [7, 11) is -5.24. The van der Waals surface area contributed by atoms with Crippen LogP contribution in [0.15, 0.2) is 79.1 Å². The monoisotopic (exact) mass is 878 g/mol. The van der Waals surface area contributed by atoms with E-state index in [-0.39, 0.29) is 57.1 Å². The van der Waals surface area contributed by atoms with Gasteiger partial charge in [0.15, 0.2) is 5.12 Å². The maximum Gasteiger partial charge on any atom is 0.453 e. The van der Waals surface area contributed by atoms with Crippen molar-refractivity contribution in [3.63, 3.8) is 0 Å². The predicted molar refractivity (Wildman–Crippen MR) is 227 cm³/mol. The number of aromatic nitrogens is 1. The smallest absolute Gasteiger partial charge is 0.420 e. The van der Waals surface area contributed by atoms with E-state index >= 15 is 8.78 Å². The molecule has 2 aromatic carbocycles. The van der Waals surface area contributed by atoms with E-state index in [0.29, 0.717) is 48.4 Å². The van der Waals surface area contributed by atoms with Crippen LogP contribution < -0.4 is 9.84 Å². The molecule has 1 saturated carbocycles. The number of thiophene rings is 1. The standard InChI is InChI=1S/C44H49F2N4O7PS2/c1-27(2)19-40(51)59-18-17-56-58(55,57-35-8-4-3-5-9-35)44(45,46)33-12-15-38-31(20-33)23-39(60-38)41(52)48-36-22-29-11-10-28(29)21-34-13-14-37(50(34)42(36)53)43(54)49-25-32(26-49)30-7-6-16-47-24-30/h3-9,12,15-16,20,23-24,27-29,32,34,36-37H,10-11,13-14,17-19,21-22,25-26H2,1-2H3,(H,48,52)/t28-,29+,34+,36?,37-,58?/m0/s1. The van der Waals surface area contributed by atoms with Gasteiger partial charge in [0, 0.05) is 59.9 Å². The number of carbonyl (C=O) groups is 4. The number of hydrogen-bond donors (Lipinski definition) is 1. The third-order valence-corrected chi connectivity index (χ3v) is 16.2. The Hall–Kier alpha value is -4.17. The molecule has 2 unspecified atom stereocenters. The first-order chi connectivity index (χ1) is 28.8. The molecule has 11 nitrogen and oxygen atoms in total. The Balaban J connectivity index is 0.979. The van der Waals surface area contributed by atoms with Crippen molar-refractivity contribution >= 4 is 63.6 Å². The summed E-state index contributed by atoms with van der Waals surface area (Å²) in [5.74, 6) is 0.166. The van der Waals surface area contributed by atoms with Crippen molar-refractivity contribution in [1.29, 1.82) is 0 Å². The van der Waals surface area contributed by atoms with E-state index in [1.54, 1.807) is 29.3 Å². The van der Waals surface area contributed by atoms with E-state index < -0.39 is 43.4 Å². The fourth-order valence-corrected chi connectivity index (χ4v) is 12.4. The molecule has 1 aliphatic carbocycles. The van der Waals surface area contributed by atoms with Gasteiger partial charge < -0.3 is 19.6 Å². The molecule has 318 valence electrons. The second-order valence-corrected chi connectivity index (χ2v) is 21.0. The molecule has 1 N–H and O–H groups in total. The highest BCUT2D eigenvalue weighted by Crippen LogP contribution is 2.66. The fourth-order valence-electron chi connectivity index (χ4n) is 8.92. The molecule has 0 spiro atoms. The average Bonchev–Trinajstić information content (AvgIpc) is 3.83. The first kappa shape index (κ1) is 42.5. The molecule has 4 aromatic rings. The van der Waals surface area contributed by atoms with Gasteiger partial charge in [-0.1, -0.05) is 55.9 Å². The minimum atomic E-state index is -5.24. The van der Waals surface area contributed by atoms with Gasteiger partial charge in [-0.25, -0.2) is 4.57 Å². The summed E-state index contributed by atoms with van der Waals surface area (Å²) in [5.41, 5.74) is -3.66. The molecule has 5 heterocycles. The molecule has 3 amide bonds. The van der Waals surface area contributed by atoms with Crippen LogP contribution in [0.1, 0.15) is 85.5 Å². The molecule has 2 aromatic heterocycles. The summed E-state index contributed by atoms with van der Waals surface area (Å²) in [6.07, 6.45) is 8.52. The molecular formula is C44H49F2N4O7PS2. The van der Waals surface area contributed by atoms with Crippen LogP contribution in [0.25, 0.3) is 10.1 Å². The Morgan fingerprint density at radius 2 is 1.77 bits per heavy atom. The minimum absolute atomic E-state index is 0.0117. The van der Waals surface area contributed by atoms with Gasteiger partial charge in [0.25, 0.3) is 5.91 Å². The van der Waals surface area contributed by atoms with Gasteiger partial charge >= 0.3 is 13.3 Å². The molecular weight excluding hydrogens is 830 g/mol. The van der Waals surface area contributed by atoms with Crippen molar-refractivity contribution in [2.24, 2.45) is 17.8 Å². The van der Waals surface area contributed by atoms with Gasteiger partial charge in [-0.2, -0.15) is 8.78 Å². The van der Waals surface area contributed by atoms with Crippen LogP contribution in [-0.4, -0.2) is 81.2 Å². The zero-order chi connectivity index (χ0) is 42.2. The Bertz CT molecular complexity index is 2280. The molecule has 3 aliphatic heterocycles. The highest BCUT2D eigenvalue weighted by atomic mass is 32.2. The second-order valence-electron chi connectivity index (χ2n) is 16.8. The van der Waals surface area contributed by atoms with Gasteiger partial charge in [-0.15, -0.1) is 11.3 Å². The Morgan fingerprint density at radius 1 is 1.00 bits per heavy atom.